The van der Waals surface area contributed by atoms with E-state index in [4.69, 9.17) is 22.1 Å². The first-order valence-electron chi connectivity index (χ1n) is 8.21. The van der Waals surface area contributed by atoms with Gasteiger partial charge in [-0.3, -0.25) is 14.5 Å². The minimum absolute atomic E-state index is 0.0296. The van der Waals surface area contributed by atoms with Crippen molar-refractivity contribution in [2.45, 2.75) is 13.3 Å². The van der Waals surface area contributed by atoms with Gasteiger partial charge < -0.3 is 19.6 Å². The van der Waals surface area contributed by atoms with Gasteiger partial charge in [-0.1, -0.05) is 12.1 Å². The maximum absolute atomic E-state index is 12.4. The van der Waals surface area contributed by atoms with E-state index in [1.54, 1.807) is 29.0 Å². The third kappa shape index (κ3) is 3.15. The fourth-order valence-electron chi connectivity index (χ4n) is 2.88. The Morgan fingerprint density at radius 2 is 2.00 bits per heavy atom. The Morgan fingerprint density at radius 3 is 2.65 bits per heavy atom. The summed E-state index contributed by atoms with van der Waals surface area (Å²) in [5, 5.41) is 9.45. The Balaban J connectivity index is 1.91. The molecular weight excluding hydrogens is 354 g/mol. The number of allylic oxidation sites excluding steroid dienone is 2. The lowest BCUT2D eigenvalue weighted by Gasteiger charge is -2.17. The highest BCUT2D eigenvalue weighted by Gasteiger charge is 2.34. The molecular formula is C18H19N3O4S. The third-order valence-corrected chi connectivity index (χ3v) is 4.72. The molecule has 0 aromatic heterocycles. The number of amides is 1. The highest BCUT2D eigenvalue weighted by Crippen LogP contribution is 2.38. The standard InChI is InChI=1S/C18H19N3O4S/c1-3-20-17(24)13(19(2)18(20)26)8-9-15-21(11-10-16(22)23)12-6-4-5-7-14(12)25-15/h4-9H,3,10-11H2,1-2H3,(H,22,23)/b13-8-,15-9+. The molecule has 1 saturated heterocycles. The number of carbonyl (C=O) groups excluding carboxylic acids is 1. The summed E-state index contributed by atoms with van der Waals surface area (Å²) in [4.78, 5) is 28.4. The predicted octanol–water partition coefficient (Wildman–Crippen LogP) is 2.16. The van der Waals surface area contributed by atoms with E-state index >= 15 is 0 Å². The number of nitrogens with zero attached hydrogens (tertiary/aromatic N) is 3. The van der Waals surface area contributed by atoms with Crippen molar-refractivity contribution in [2.75, 3.05) is 25.0 Å². The summed E-state index contributed by atoms with van der Waals surface area (Å²) in [6, 6.07) is 7.40. The maximum Gasteiger partial charge on any atom is 0.305 e. The minimum Gasteiger partial charge on any atom is -0.481 e. The van der Waals surface area contributed by atoms with Crippen LogP contribution in [0.4, 0.5) is 5.69 Å². The molecule has 136 valence electrons. The average Bonchev–Trinajstić information content (AvgIpc) is 3.06. The number of carbonyl (C=O) groups is 2. The molecule has 1 N–H and O–H groups in total. The Hall–Kier alpha value is -2.87. The number of benzene rings is 1. The van der Waals surface area contributed by atoms with Crippen LogP contribution in [0.25, 0.3) is 0 Å². The summed E-state index contributed by atoms with van der Waals surface area (Å²) < 4.78 is 5.84. The van der Waals surface area contributed by atoms with Crippen LogP contribution >= 0.6 is 12.2 Å². The first-order valence-corrected chi connectivity index (χ1v) is 8.62. The molecule has 2 heterocycles. The van der Waals surface area contributed by atoms with Crippen molar-refractivity contribution >= 4 is 34.9 Å². The zero-order chi connectivity index (χ0) is 18.8. The number of hydrogen-bond acceptors (Lipinski definition) is 5. The highest BCUT2D eigenvalue weighted by atomic mass is 32.1. The van der Waals surface area contributed by atoms with Crippen molar-refractivity contribution in [3.05, 3.63) is 48.0 Å². The van der Waals surface area contributed by atoms with Crippen LogP contribution in [0.3, 0.4) is 0 Å². The molecule has 2 aliphatic rings. The largest absolute Gasteiger partial charge is 0.481 e. The molecule has 0 radical (unpaired) electrons. The van der Waals surface area contributed by atoms with Gasteiger partial charge in [-0.05, 0) is 37.4 Å². The van der Waals surface area contributed by atoms with E-state index in [9.17, 15) is 9.59 Å². The van der Waals surface area contributed by atoms with Gasteiger partial charge in [0.2, 0.25) is 5.88 Å². The number of anilines is 1. The van der Waals surface area contributed by atoms with Crippen LogP contribution in [0.2, 0.25) is 0 Å². The second-order valence-electron chi connectivity index (χ2n) is 5.81. The summed E-state index contributed by atoms with van der Waals surface area (Å²) in [5.41, 5.74) is 1.25. The second kappa shape index (κ2) is 7.17. The van der Waals surface area contributed by atoms with Gasteiger partial charge in [0.05, 0.1) is 12.1 Å². The van der Waals surface area contributed by atoms with Gasteiger partial charge in [-0.2, -0.15) is 0 Å². The maximum atomic E-state index is 12.4. The fourth-order valence-corrected chi connectivity index (χ4v) is 3.19. The smallest absolute Gasteiger partial charge is 0.305 e. The predicted molar refractivity (Wildman–Crippen MR) is 101 cm³/mol. The number of thiocarbonyl (C=S) groups is 1. The van der Waals surface area contributed by atoms with Crippen LogP contribution in [0.15, 0.2) is 48.0 Å². The van der Waals surface area contributed by atoms with Crippen LogP contribution in [0.1, 0.15) is 13.3 Å². The van der Waals surface area contributed by atoms with Gasteiger partial charge in [0.1, 0.15) is 5.70 Å². The Labute approximate surface area is 156 Å². The monoisotopic (exact) mass is 373 g/mol. The second-order valence-corrected chi connectivity index (χ2v) is 6.18. The van der Waals surface area contributed by atoms with E-state index in [0.717, 1.165) is 5.69 Å². The molecule has 1 aromatic rings. The normalized spacial score (nSPS) is 19.5. The lowest BCUT2D eigenvalue weighted by atomic mass is 10.2. The first-order chi connectivity index (χ1) is 12.4. The van der Waals surface area contributed by atoms with Crippen molar-refractivity contribution in [3.63, 3.8) is 0 Å². The highest BCUT2D eigenvalue weighted by molar-refractivity contribution is 7.80. The summed E-state index contributed by atoms with van der Waals surface area (Å²) in [7, 11) is 1.74. The Kier molecular flexibility index (Phi) is 4.94. The molecule has 0 bridgehead atoms. The number of para-hydroxylation sites is 2. The molecule has 1 aromatic carbocycles. The van der Waals surface area contributed by atoms with Crippen LogP contribution in [0, 0.1) is 0 Å². The number of carboxylic acids is 1. The van der Waals surface area contributed by atoms with E-state index in [2.05, 4.69) is 0 Å². The van der Waals surface area contributed by atoms with Gasteiger partial charge in [0.25, 0.3) is 5.91 Å². The van der Waals surface area contributed by atoms with Crippen LogP contribution in [-0.2, 0) is 9.59 Å². The number of hydrogen-bond donors (Lipinski definition) is 1. The number of ether oxygens (including phenoxy) is 1. The van der Waals surface area contributed by atoms with Crippen molar-refractivity contribution in [2.24, 2.45) is 0 Å². The summed E-state index contributed by atoms with van der Waals surface area (Å²) in [6.45, 7) is 2.64. The lowest BCUT2D eigenvalue weighted by molar-refractivity contribution is -0.136. The molecule has 1 amide bonds. The average molecular weight is 373 g/mol. The molecule has 2 aliphatic heterocycles. The van der Waals surface area contributed by atoms with Gasteiger partial charge in [0, 0.05) is 26.2 Å². The quantitative estimate of drug-likeness (QED) is 0.626. The molecule has 0 spiro atoms. The topological polar surface area (TPSA) is 73.3 Å². The number of likely N-dealkylation sites (N-methyl/N-ethyl adjacent to an activating group) is 2. The summed E-state index contributed by atoms with van der Waals surface area (Å²) in [6.07, 6.45) is 3.30. The number of carboxylic acid groups (broad SMARTS) is 1. The Bertz CT molecular complexity index is 833. The lowest BCUT2D eigenvalue weighted by Crippen LogP contribution is -2.30. The molecule has 7 nitrogen and oxygen atoms in total. The zero-order valence-corrected chi connectivity index (χ0v) is 15.3. The first kappa shape index (κ1) is 17.9. The molecule has 0 aliphatic carbocycles. The van der Waals surface area contributed by atoms with E-state index in [1.165, 1.54) is 4.90 Å². The zero-order valence-electron chi connectivity index (χ0n) is 14.5. The minimum atomic E-state index is -0.887. The number of rotatable bonds is 5. The van der Waals surface area contributed by atoms with E-state index in [-0.39, 0.29) is 18.9 Å². The number of aliphatic carboxylic acids is 1. The SMILES string of the molecule is CCN1C(=O)/C(=C/C=C2/Oc3ccccc3N2CCC(=O)O)N(C)C1=S. The van der Waals surface area contributed by atoms with Crippen molar-refractivity contribution in [1.82, 2.24) is 9.80 Å². The van der Waals surface area contributed by atoms with Crippen LogP contribution < -0.4 is 9.64 Å². The summed E-state index contributed by atoms with van der Waals surface area (Å²) in [5.74, 6) is 0.0764. The summed E-state index contributed by atoms with van der Waals surface area (Å²) >= 11 is 5.28. The molecule has 26 heavy (non-hydrogen) atoms. The molecule has 3 rings (SSSR count). The van der Waals surface area contributed by atoms with Gasteiger partial charge in [-0.15, -0.1) is 0 Å². The van der Waals surface area contributed by atoms with E-state index in [0.29, 0.717) is 29.0 Å². The van der Waals surface area contributed by atoms with Gasteiger partial charge in [0.15, 0.2) is 10.9 Å². The number of fused-ring (bicyclic) bond motifs is 1. The fraction of sp³-hybridized carbons (Fsp3) is 0.278. The van der Waals surface area contributed by atoms with Gasteiger partial charge >= 0.3 is 5.97 Å². The van der Waals surface area contributed by atoms with Crippen LogP contribution in [0.5, 0.6) is 5.75 Å². The molecule has 0 saturated carbocycles. The molecule has 0 atom stereocenters. The van der Waals surface area contributed by atoms with Crippen LogP contribution in [-0.4, -0.2) is 52.0 Å². The van der Waals surface area contributed by atoms with Gasteiger partial charge in [-0.25, -0.2) is 0 Å². The van der Waals surface area contributed by atoms with Crippen molar-refractivity contribution < 1.29 is 19.4 Å². The molecule has 0 unspecified atom stereocenters. The molecule has 1 fully saturated rings. The van der Waals surface area contributed by atoms with E-state index in [1.807, 2.05) is 31.2 Å². The van der Waals surface area contributed by atoms with Crippen molar-refractivity contribution in [3.8, 4) is 5.75 Å². The van der Waals surface area contributed by atoms with Crippen molar-refractivity contribution in [1.29, 1.82) is 0 Å². The van der Waals surface area contributed by atoms with E-state index < -0.39 is 5.97 Å². The molecule has 8 heteroatoms. The Morgan fingerprint density at radius 1 is 1.27 bits per heavy atom. The third-order valence-electron chi connectivity index (χ3n) is 4.23.